The molecule has 21 heavy (non-hydrogen) atoms. The zero-order valence-electron chi connectivity index (χ0n) is 12.1. The number of carbonyl (C=O) groups is 1. The van der Waals surface area contributed by atoms with Crippen LogP contribution in [-0.4, -0.2) is 36.5 Å². The molecule has 0 aromatic heterocycles. The summed E-state index contributed by atoms with van der Waals surface area (Å²) < 4.78 is 5.01. The van der Waals surface area contributed by atoms with Gasteiger partial charge in [-0.2, -0.15) is 0 Å². The molecule has 0 aliphatic carbocycles. The van der Waals surface area contributed by atoms with Crippen molar-refractivity contribution in [3.05, 3.63) is 52.6 Å². The van der Waals surface area contributed by atoms with E-state index < -0.39 is 10.5 Å². The van der Waals surface area contributed by atoms with Crippen LogP contribution in [0.3, 0.4) is 0 Å². The second kappa shape index (κ2) is 5.65. The largest absolute Gasteiger partial charge is 0.467 e. The zero-order valence-corrected chi connectivity index (χ0v) is 12.1. The molecule has 0 amide bonds. The molecule has 1 aliphatic rings. The molecular weight excluding hydrogens is 272 g/mol. The Morgan fingerprint density at radius 3 is 2.62 bits per heavy atom. The van der Waals surface area contributed by atoms with Crippen LogP contribution in [0.5, 0.6) is 0 Å². The Morgan fingerprint density at radius 1 is 1.52 bits per heavy atom. The number of non-ortho nitro benzene ring substituents is 1. The monoisotopic (exact) mass is 290 g/mol. The van der Waals surface area contributed by atoms with Crippen LogP contribution in [0.1, 0.15) is 12.0 Å². The predicted octanol–water partition coefficient (Wildman–Crippen LogP) is 2.10. The highest BCUT2D eigenvalue weighted by Crippen LogP contribution is 2.44. The van der Waals surface area contributed by atoms with Gasteiger partial charge in [-0.05, 0) is 37.7 Å². The normalized spacial score (nSPS) is 25.5. The van der Waals surface area contributed by atoms with Crippen LogP contribution in [0.25, 0.3) is 0 Å². The van der Waals surface area contributed by atoms with Gasteiger partial charge in [0.2, 0.25) is 0 Å². The molecule has 1 heterocycles. The van der Waals surface area contributed by atoms with E-state index in [9.17, 15) is 14.9 Å². The molecule has 6 nitrogen and oxygen atoms in total. The van der Waals surface area contributed by atoms with E-state index in [1.54, 1.807) is 18.2 Å². The standard InChI is InChI=1S/C15H18N2O4/c1-4-11-9-10-16(2)15(11,14(18)21-3)12-5-7-13(8-6-12)17(19)20/h4-8,11H,1,9-10H2,2-3H3/t11-,15-/m1/s1. The average Bonchev–Trinajstić information content (AvgIpc) is 2.84. The lowest BCUT2D eigenvalue weighted by Crippen LogP contribution is -2.50. The van der Waals surface area contributed by atoms with Crippen molar-refractivity contribution in [1.29, 1.82) is 0 Å². The van der Waals surface area contributed by atoms with E-state index in [1.165, 1.54) is 19.2 Å². The number of esters is 1. The maximum atomic E-state index is 12.5. The lowest BCUT2D eigenvalue weighted by Gasteiger charge is -2.37. The van der Waals surface area contributed by atoms with Gasteiger partial charge in [0.15, 0.2) is 5.54 Å². The minimum absolute atomic E-state index is 0.00503. The third-order valence-corrected chi connectivity index (χ3v) is 4.21. The second-order valence-electron chi connectivity index (χ2n) is 5.11. The van der Waals surface area contributed by atoms with Gasteiger partial charge in [-0.3, -0.25) is 15.0 Å². The molecule has 0 unspecified atom stereocenters. The number of likely N-dealkylation sites (tertiary alicyclic amines) is 1. The number of nitrogens with zero attached hydrogens (tertiary/aromatic N) is 2. The quantitative estimate of drug-likeness (QED) is 0.367. The summed E-state index contributed by atoms with van der Waals surface area (Å²) in [7, 11) is 3.20. The van der Waals surface area contributed by atoms with Crippen LogP contribution in [0.15, 0.2) is 36.9 Å². The molecule has 0 spiro atoms. The van der Waals surface area contributed by atoms with Gasteiger partial charge in [-0.15, -0.1) is 6.58 Å². The number of likely N-dealkylation sites (N-methyl/N-ethyl adjacent to an activating group) is 1. The Bertz CT molecular complexity index is 570. The molecule has 1 fully saturated rings. The molecule has 1 aromatic rings. The van der Waals surface area contributed by atoms with Crippen molar-refractivity contribution < 1.29 is 14.5 Å². The van der Waals surface area contributed by atoms with Gasteiger partial charge in [0.1, 0.15) is 0 Å². The van der Waals surface area contributed by atoms with E-state index in [0.717, 1.165) is 13.0 Å². The van der Waals surface area contributed by atoms with Crippen molar-refractivity contribution in [2.45, 2.75) is 12.0 Å². The van der Waals surface area contributed by atoms with Crippen LogP contribution in [0.4, 0.5) is 5.69 Å². The van der Waals surface area contributed by atoms with Crippen LogP contribution >= 0.6 is 0 Å². The maximum Gasteiger partial charge on any atom is 0.331 e. The molecule has 0 bridgehead atoms. The maximum absolute atomic E-state index is 12.5. The van der Waals surface area contributed by atoms with Crippen molar-refractivity contribution in [3.63, 3.8) is 0 Å². The van der Waals surface area contributed by atoms with E-state index in [1.807, 2.05) is 11.9 Å². The van der Waals surface area contributed by atoms with Crippen molar-refractivity contribution in [2.75, 3.05) is 20.7 Å². The lowest BCUT2D eigenvalue weighted by atomic mass is 9.78. The number of hydrogen-bond acceptors (Lipinski definition) is 5. The highest BCUT2D eigenvalue weighted by atomic mass is 16.6. The van der Waals surface area contributed by atoms with E-state index in [4.69, 9.17) is 4.74 Å². The van der Waals surface area contributed by atoms with Gasteiger partial charge in [0.05, 0.1) is 12.0 Å². The molecule has 112 valence electrons. The van der Waals surface area contributed by atoms with Crippen molar-refractivity contribution in [1.82, 2.24) is 4.90 Å². The molecule has 2 rings (SSSR count). The number of hydrogen-bond donors (Lipinski definition) is 0. The number of methoxy groups -OCH3 is 1. The van der Waals surface area contributed by atoms with Gasteiger partial charge in [-0.25, -0.2) is 4.79 Å². The predicted molar refractivity (Wildman–Crippen MR) is 77.7 cm³/mol. The zero-order chi connectivity index (χ0) is 15.6. The van der Waals surface area contributed by atoms with Gasteiger partial charge in [0.25, 0.3) is 5.69 Å². The summed E-state index contributed by atoms with van der Waals surface area (Å²) in [6.45, 7) is 4.54. The minimum Gasteiger partial charge on any atom is -0.467 e. The Labute approximate surface area is 123 Å². The molecule has 0 radical (unpaired) electrons. The van der Waals surface area contributed by atoms with Crippen molar-refractivity contribution in [2.24, 2.45) is 5.92 Å². The number of nitro groups is 1. The minimum atomic E-state index is -0.967. The average molecular weight is 290 g/mol. The Morgan fingerprint density at radius 2 is 2.14 bits per heavy atom. The first-order chi connectivity index (χ1) is 9.98. The molecule has 1 aromatic carbocycles. The third kappa shape index (κ3) is 2.21. The molecule has 0 N–H and O–H groups in total. The van der Waals surface area contributed by atoms with E-state index in [0.29, 0.717) is 5.56 Å². The fourth-order valence-corrected chi connectivity index (χ4v) is 3.14. The van der Waals surface area contributed by atoms with Crippen LogP contribution in [0.2, 0.25) is 0 Å². The fraction of sp³-hybridized carbons (Fsp3) is 0.400. The SMILES string of the molecule is C=C[C@@H]1CCN(C)[C@@]1(C(=O)OC)c1ccc([N+](=O)[O-])cc1. The summed E-state index contributed by atoms with van der Waals surface area (Å²) in [5.41, 5.74) is -0.287. The van der Waals surface area contributed by atoms with E-state index >= 15 is 0 Å². The Balaban J connectivity index is 2.57. The van der Waals surface area contributed by atoms with Gasteiger partial charge in [-0.1, -0.05) is 6.08 Å². The van der Waals surface area contributed by atoms with Gasteiger partial charge < -0.3 is 4.74 Å². The van der Waals surface area contributed by atoms with Crippen LogP contribution in [0, 0.1) is 16.0 Å². The molecule has 0 saturated carbocycles. The third-order valence-electron chi connectivity index (χ3n) is 4.21. The Hall–Kier alpha value is -2.21. The first-order valence-corrected chi connectivity index (χ1v) is 6.65. The van der Waals surface area contributed by atoms with E-state index in [2.05, 4.69) is 6.58 Å². The summed E-state index contributed by atoms with van der Waals surface area (Å²) in [5.74, 6) is -0.474. The Kier molecular flexibility index (Phi) is 4.09. The van der Waals surface area contributed by atoms with E-state index in [-0.39, 0.29) is 17.6 Å². The second-order valence-corrected chi connectivity index (χ2v) is 5.11. The first-order valence-electron chi connectivity index (χ1n) is 6.65. The van der Waals surface area contributed by atoms with Gasteiger partial charge in [0, 0.05) is 18.1 Å². The highest BCUT2D eigenvalue weighted by molar-refractivity contribution is 5.84. The number of rotatable bonds is 4. The summed E-state index contributed by atoms with van der Waals surface area (Å²) in [6.07, 6.45) is 2.54. The lowest BCUT2D eigenvalue weighted by molar-refractivity contribution is -0.384. The summed E-state index contributed by atoms with van der Waals surface area (Å²) in [4.78, 5) is 24.7. The number of ether oxygens (including phenoxy) is 1. The van der Waals surface area contributed by atoms with Crippen molar-refractivity contribution >= 4 is 11.7 Å². The topological polar surface area (TPSA) is 72.7 Å². The summed E-state index contributed by atoms with van der Waals surface area (Å²) >= 11 is 0. The molecular formula is C15H18N2O4. The molecule has 1 saturated heterocycles. The first kappa shape index (κ1) is 15.2. The molecule has 1 aliphatic heterocycles. The van der Waals surface area contributed by atoms with Crippen molar-refractivity contribution in [3.8, 4) is 0 Å². The molecule has 6 heteroatoms. The number of nitro benzene ring substituents is 1. The van der Waals surface area contributed by atoms with Gasteiger partial charge >= 0.3 is 5.97 Å². The number of carbonyl (C=O) groups excluding carboxylic acids is 1. The highest BCUT2D eigenvalue weighted by Gasteiger charge is 2.54. The molecule has 2 atom stereocenters. The van der Waals surface area contributed by atoms with Crippen LogP contribution in [-0.2, 0) is 15.1 Å². The smallest absolute Gasteiger partial charge is 0.331 e. The summed E-state index contributed by atoms with van der Waals surface area (Å²) in [6, 6.07) is 6.05. The fourth-order valence-electron chi connectivity index (χ4n) is 3.14. The number of benzene rings is 1. The summed E-state index contributed by atoms with van der Waals surface area (Å²) in [5, 5.41) is 10.8. The van der Waals surface area contributed by atoms with Crippen LogP contribution < -0.4 is 0 Å².